The third-order valence-corrected chi connectivity index (χ3v) is 5.16. The second kappa shape index (κ2) is 9.31. The molecule has 5 heteroatoms. The average molecular weight is 368 g/mol. The van der Waals surface area contributed by atoms with Crippen molar-refractivity contribution in [3.63, 3.8) is 0 Å². The van der Waals surface area contributed by atoms with Gasteiger partial charge in [0.15, 0.2) is 0 Å². The summed E-state index contributed by atoms with van der Waals surface area (Å²) in [7, 11) is 0. The van der Waals surface area contributed by atoms with E-state index in [0.717, 1.165) is 36.8 Å². The highest BCUT2D eigenvalue weighted by Gasteiger charge is 2.29. The van der Waals surface area contributed by atoms with Gasteiger partial charge >= 0.3 is 0 Å². The maximum absolute atomic E-state index is 12.9. The highest BCUT2D eigenvalue weighted by atomic mass is 19.1. The summed E-state index contributed by atoms with van der Waals surface area (Å²) in [6.07, 6.45) is 2.90. The Balaban J connectivity index is 1.39. The lowest BCUT2D eigenvalue weighted by Gasteiger charge is -2.27. The average Bonchev–Trinajstić information content (AvgIpc) is 2.72. The molecule has 1 aliphatic rings. The SMILES string of the molecule is O=C(NCc1ccccc1)C1CCC(C(=O)NCc2ccc(F)cc2)CC1. The summed E-state index contributed by atoms with van der Waals surface area (Å²) in [5.74, 6) is -0.265. The van der Waals surface area contributed by atoms with E-state index in [1.165, 1.54) is 12.1 Å². The summed E-state index contributed by atoms with van der Waals surface area (Å²) in [5.41, 5.74) is 1.96. The number of amides is 2. The van der Waals surface area contributed by atoms with Gasteiger partial charge in [-0.2, -0.15) is 0 Å². The molecule has 1 saturated carbocycles. The Morgan fingerprint density at radius 1 is 0.741 bits per heavy atom. The van der Waals surface area contributed by atoms with Crippen molar-refractivity contribution >= 4 is 11.8 Å². The van der Waals surface area contributed by atoms with Crippen molar-refractivity contribution in [2.75, 3.05) is 0 Å². The van der Waals surface area contributed by atoms with Crippen molar-refractivity contribution in [3.8, 4) is 0 Å². The molecule has 27 heavy (non-hydrogen) atoms. The number of benzene rings is 2. The fourth-order valence-electron chi connectivity index (χ4n) is 3.48. The standard InChI is InChI=1S/C22H25FN2O2/c23-20-12-6-17(7-13-20)15-25-22(27)19-10-8-18(9-11-19)21(26)24-14-16-4-2-1-3-5-16/h1-7,12-13,18-19H,8-11,14-15H2,(H,24,26)(H,25,27). The van der Waals surface area contributed by atoms with Crippen molar-refractivity contribution in [1.82, 2.24) is 10.6 Å². The van der Waals surface area contributed by atoms with E-state index in [2.05, 4.69) is 10.6 Å². The van der Waals surface area contributed by atoms with E-state index < -0.39 is 0 Å². The molecule has 2 aromatic rings. The molecule has 0 bridgehead atoms. The van der Waals surface area contributed by atoms with Crippen molar-refractivity contribution in [1.29, 1.82) is 0 Å². The zero-order valence-electron chi connectivity index (χ0n) is 15.3. The Labute approximate surface area is 159 Å². The molecule has 0 spiro atoms. The molecule has 0 unspecified atom stereocenters. The minimum absolute atomic E-state index is 0.0162. The molecule has 2 amide bonds. The van der Waals surface area contributed by atoms with Crippen molar-refractivity contribution in [2.24, 2.45) is 11.8 Å². The molecule has 2 N–H and O–H groups in total. The third kappa shape index (κ3) is 5.64. The molecule has 0 saturated heterocycles. The van der Waals surface area contributed by atoms with Gasteiger partial charge in [0, 0.05) is 24.9 Å². The van der Waals surface area contributed by atoms with Crippen LogP contribution in [-0.2, 0) is 22.7 Å². The Morgan fingerprint density at radius 2 is 1.19 bits per heavy atom. The van der Waals surface area contributed by atoms with Crippen LogP contribution < -0.4 is 10.6 Å². The van der Waals surface area contributed by atoms with E-state index in [9.17, 15) is 14.0 Å². The van der Waals surface area contributed by atoms with Crippen LogP contribution in [-0.4, -0.2) is 11.8 Å². The molecular formula is C22H25FN2O2. The summed E-state index contributed by atoms with van der Waals surface area (Å²) >= 11 is 0. The van der Waals surface area contributed by atoms with E-state index in [1.54, 1.807) is 12.1 Å². The van der Waals surface area contributed by atoms with Crippen LogP contribution in [0.2, 0.25) is 0 Å². The number of carbonyl (C=O) groups is 2. The highest BCUT2D eigenvalue weighted by Crippen LogP contribution is 2.29. The van der Waals surface area contributed by atoms with Gasteiger partial charge in [-0.1, -0.05) is 42.5 Å². The van der Waals surface area contributed by atoms with Gasteiger partial charge in [0.25, 0.3) is 0 Å². The number of rotatable bonds is 6. The van der Waals surface area contributed by atoms with Crippen LogP contribution >= 0.6 is 0 Å². The Bertz CT molecular complexity index is 754. The van der Waals surface area contributed by atoms with Gasteiger partial charge in [-0.05, 0) is 48.9 Å². The van der Waals surface area contributed by atoms with E-state index in [-0.39, 0.29) is 29.5 Å². The number of halogens is 1. The predicted octanol–water partition coefficient (Wildman–Crippen LogP) is 3.56. The van der Waals surface area contributed by atoms with Gasteiger partial charge in [0.1, 0.15) is 5.82 Å². The largest absolute Gasteiger partial charge is 0.352 e. The van der Waals surface area contributed by atoms with Gasteiger partial charge < -0.3 is 10.6 Å². The molecule has 3 rings (SSSR count). The van der Waals surface area contributed by atoms with Crippen LogP contribution in [0.15, 0.2) is 54.6 Å². The lowest BCUT2D eigenvalue weighted by Crippen LogP contribution is -2.37. The summed E-state index contributed by atoms with van der Waals surface area (Å²) in [4.78, 5) is 24.7. The molecule has 1 aliphatic carbocycles. The molecule has 142 valence electrons. The molecule has 0 aromatic heterocycles. The Hall–Kier alpha value is -2.69. The molecule has 0 heterocycles. The minimum atomic E-state index is -0.283. The zero-order valence-corrected chi connectivity index (χ0v) is 15.3. The van der Waals surface area contributed by atoms with Crippen LogP contribution in [0.4, 0.5) is 4.39 Å². The first kappa shape index (κ1) is 19.1. The lowest BCUT2D eigenvalue weighted by atomic mass is 9.81. The number of hydrogen-bond donors (Lipinski definition) is 2. The smallest absolute Gasteiger partial charge is 0.223 e. The third-order valence-electron chi connectivity index (χ3n) is 5.16. The first-order valence-electron chi connectivity index (χ1n) is 9.45. The van der Waals surface area contributed by atoms with E-state index in [1.807, 2.05) is 30.3 Å². The first-order valence-corrected chi connectivity index (χ1v) is 9.45. The van der Waals surface area contributed by atoms with Gasteiger partial charge in [-0.3, -0.25) is 9.59 Å². The van der Waals surface area contributed by atoms with Crippen LogP contribution in [0.1, 0.15) is 36.8 Å². The van der Waals surface area contributed by atoms with Crippen molar-refractivity contribution in [2.45, 2.75) is 38.8 Å². The monoisotopic (exact) mass is 368 g/mol. The second-order valence-electron chi connectivity index (χ2n) is 7.10. The summed E-state index contributed by atoms with van der Waals surface area (Å²) in [6.45, 7) is 0.939. The Morgan fingerprint density at radius 3 is 1.67 bits per heavy atom. The topological polar surface area (TPSA) is 58.2 Å². The molecule has 2 aromatic carbocycles. The van der Waals surface area contributed by atoms with Crippen LogP contribution in [0.5, 0.6) is 0 Å². The van der Waals surface area contributed by atoms with Crippen molar-refractivity contribution < 1.29 is 14.0 Å². The lowest BCUT2D eigenvalue weighted by molar-refractivity contribution is -0.130. The van der Waals surface area contributed by atoms with Gasteiger partial charge in [-0.15, -0.1) is 0 Å². The quantitative estimate of drug-likeness (QED) is 0.819. The molecule has 1 fully saturated rings. The van der Waals surface area contributed by atoms with Gasteiger partial charge in [-0.25, -0.2) is 4.39 Å². The summed E-state index contributed by atoms with van der Waals surface area (Å²) < 4.78 is 12.9. The summed E-state index contributed by atoms with van der Waals surface area (Å²) in [6, 6.07) is 16.0. The second-order valence-corrected chi connectivity index (χ2v) is 7.10. The van der Waals surface area contributed by atoms with E-state index in [4.69, 9.17) is 0 Å². The molecule has 0 atom stereocenters. The number of hydrogen-bond acceptors (Lipinski definition) is 2. The van der Waals surface area contributed by atoms with Gasteiger partial charge in [0.2, 0.25) is 11.8 Å². The Kier molecular flexibility index (Phi) is 6.58. The van der Waals surface area contributed by atoms with E-state index >= 15 is 0 Å². The van der Waals surface area contributed by atoms with E-state index in [0.29, 0.717) is 13.1 Å². The fourth-order valence-corrected chi connectivity index (χ4v) is 3.48. The maximum Gasteiger partial charge on any atom is 0.223 e. The molecule has 4 nitrogen and oxygen atoms in total. The fraction of sp³-hybridized carbons (Fsp3) is 0.364. The van der Waals surface area contributed by atoms with Crippen LogP contribution in [0.25, 0.3) is 0 Å². The number of nitrogens with one attached hydrogen (secondary N) is 2. The van der Waals surface area contributed by atoms with Crippen LogP contribution in [0, 0.1) is 17.7 Å². The minimum Gasteiger partial charge on any atom is -0.352 e. The molecule has 0 aliphatic heterocycles. The van der Waals surface area contributed by atoms with Gasteiger partial charge in [0.05, 0.1) is 0 Å². The highest BCUT2D eigenvalue weighted by molar-refractivity contribution is 5.81. The maximum atomic E-state index is 12.9. The molecule has 0 radical (unpaired) electrons. The summed E-state index contributed by atoms with van der Waals surface area (Å²) in [5, 5.41) is 5.91. The zero-order chi connectivity index (χ0) is 19.1. The van der Waals surface area contributed by atoms with Crippen molar-refractivity contribution in [3.05, 3.63) is 71.5 Å². The predicted molar refractivity (Wildman–Crippen MR) is 102 cm³/mol. The normalized spacial score (nSPS) is 19.3. The molecular weight excluding hydrogens is 343 g/mol. The number of carbonyl (C=O) groups excluding carboxylic acids is 2. The first-order chi connectivity index (χ1) is 13.1. The van der Waals surface area contributed by atoms with Crippen LogP contribution in [0.3, 0.4) is 0 Å².